The van der Waals surface area contributed by atoms with Gasteiger partial charge in [0.05, 0.1) is 4.90 Å². The lowest BCUT2D eigenvalue weighted by Crippen LogP contribution is -2.24. The van der Waals surface area contributed by atoms with E-state index < -0.39 is 21.6 Å². The highest BCUT2D eigenvalue weighted by atomic mass is 32.2. The first-order valence-electron chi connectivity index (χ1n) is 6.63. The van der Waals surface area contributed by atoms with Crippen molar-refractivity contribution >= 4 is 15.8 Å². The van der Waals surface area contributed by atoms with E-state index in [0.29, 0.717) is 0 Å². The van der Waals surface area contributed by atoms with Crippen LogP contribution in [0.4, 0.5) is 0 Å². The number of esters is 1. The molecule has 1 aliphatic rings. The first kappa shape index (κ1) is 14.8. The highest BCUT2D eigenvalue weighted by Crippen LogP contribution is 2.16. The molecule has 1 atom stereocenters. The van der Waals surface area contributed by atoms with E-state index in [0.717, 1.165) is 24.8 Å². The molecule has 0 fully saturated rings. The molecule has 0 aromatic heterocycles. The van der Waals surface area contributed by atoms with Crippen molar-refractivity contribution in [2.45, 2.75) is 37.2 Å². The molecule has 2 rings (SSSR count). The van der Waals surface area contributed by atoms with Crippen molar-refractivity contribution < 1.29 is 17.9 Å². The van der Waals surface area contributed by atoms with Crippen LogP contribution in [0.2, 0.25) is 0 Å². The number of hydrogen-bond donors (Lipinski definition) is 0. The number of carbonyl (C=O) groups excluding carboxylic acids is 1. The highest BCUT2D eigenvalue weighted by molar-refractivity contribution is 7.92. The zero-order chi connectivity index (χ0) is 14.6. The second-order valence-corrected chi connectivity index (χ2v) is 6.95. The molecule has 20 heavy (non-hydrogen) atoms. The summed E-state index contributed by atoms with van der Waals surface area (Å²) in [7, 11) is -3.63. The van der Waals surface area contributed by atoms with Gasteiger partial charge in [0.1, 0.15) is 6.10 Å². The zero-order valence-electron chi connectivity index (χ0n) is 11.4. The van der Waals surface area contributed by atoms with Crippen molar-refractivity contribution in [2.75, 3.05) is 5.75 Å². The van der Waals surface area contributed by atoms with E-state index in [2.05, 4.69) is 0 Å². The van der Waals surface area contributed by atoms with Crippen LogP contribution in [0.3, 0.4) is 0 Å². The first-order chi connectivity index (χ1) is 9.47. The van der Waals surface area contributed by atoms with Crippen molar-refractivity contribution in [1.29, 1.82) is 0 Å². The van der Waals surface area contributed by atoms with Crippen LogP contribution in [0.25, 0.3) is 0 Å². The summed E-state index contributed by atoms with van der Waals surface area (Å²) in [4.78, 5) is 11.9. The predicted octanol–water partition coefficient (Wildman–Crippen LogP) is 2.42. The number of rotatable bonds is 4. The number of benzene rings is 1. The summed E-state index contributed by atoms with van der Waals surface area (Å²) >= 11 is 0. The SMILES string of the molecule is Cc1ccc(S(=O)(=O)CC(=O)OC2C=CCCC2)cc1. The van der Waals surface area contributed by atoms with Gasteiger partial charge in [-0.2, -0.15) is 0 Å². The fourth-order valence-corrected chi connectivity index (χ4v) is 3.16. The van der Waals surface area contributed by atoms with Gasteiger partial charge in [-0.1, -0.05) is 23.8 Å². The predicted molar refractivity (Wildman–Crippen MR) is 76.1 cm³/mol. The molecule has 4 nitrogen and oxygen atoms in total. The lowest BCUT2D eigenvalue weighted by atomic mass is 10.1. The molecule has 0 heterocycles. The Balaban J connectivity index is 2.00. The second-order valence-electron chi connectivity index (χ2n) is 4.96. The van der Waals surface area contributed by atoms with Crippen LogP contribution in [-0.4, -0.2) is 26.2 Å². The normalized spacial score (nSPS) is 18.8. The van der Waals surface area contributed by atoms with Crippen LogP contribution in [0.5, 0.6) is 0 Å². The Labute approximate surface area is 119 Å². The van der Waals surface area contributed by atoms with Crippen molar-refractivity contribution in [1.82, 2.24) is 0 Å². The van der Waals surface area contributed by atoms with Crippen LogP contribution in [0.15, 0.2) is 41.3 Å². The molecule has 1 aromatic rings. The average molecular weight is 294 g/mol. The minimum atomic E-state index is -3.63. The molecule has 0 amide bonds. The topological polar surface area (TPSA) is 60.4 Å². The molecular weight excluding hydrogens is 276 g/mol. The van der Waals surface area contributed by atoms with Gasteiger partial charge in [-0.25, -0.2) is 8.42 Å². The molecule has 0 saturated carbocycles. The fourth-order valence-electron chi connectivity index (χ4n) is 2.07. The number of hydrogen-bond acceptors (Lipinski definition) is 4. The van der Waals surface area contributed by atoms with E-state index in [-0.39, 0.29) is 11.0 Å². The van der Waals surface area contributed by atoms with Crippen molar-refractivity contribution in [2.24, 2.45) is 0 Å². The number of sulfone groups is 1. The quantitative estimate of drug-likeness (QED) is 0.632. The third kappa shape index (κ3) is 3.93. The van der Waals surface area contributed by atoms with Gasteiger partial charge in [0.15, 0.2) is 15.6 Å². The molecule has 0 saturated heterocycles. The third-order valence-corrected chi connectivity index (χ3v) is 4.79. The maximum atomic E-state index is 12.1. The van der Waals surface area contributed by atoms with E-state index in [9.17, 15) is 13.2 Å². The van der Waals surface area contributed by atoms with Crippen molar-refractivity contribution in [3.8, 4) is 0 Å². The Morgan fingerprint density at radius 2 is 2.00 bits per heavy atom. The Morgan fingerprint density at radius 1 is 1.30 bits per heavy atom. The molecule has 1 aliphatic carbocycles. The van der Waals surface area contributed by atoms with Crippen molar-refractivity contribution in [3.63, 3.8) is 0 Å². The second kappa shape index (κ2) is 6.22. The Morgan fingerprint density at radius 3 is 2.60 bits per heavy atom. The van der Waals surface area contributed by atoms with Crippen LogP contribution >= 0.6 is 0 Å². The summed E-state index contributed by atoms with van der Waals surface area (Å²) in [5.41, 5.74) is 0.971. The highest BCUT2D eigenvalue weighted by Gasteiger charge is 2.22. The molecule has 108 valence electrons. The van der Waals surface area contributed by atoms with E-state index in [1.807, 2.05) is 19.1 Å². The fraction of sp³-hybridized carbons (Fsp3) is 0.400. The lowest BCUT2D eigenvalue weighted by molar-refractivity contribution is -0.144. The number of carbonyl (C=O) groups is 1. The monoisotopic (exact) mass is 294 g/mol. The maximum absolute atomic E-state index is 12.1. The zero-order valence-corrected chi connectivity index (χ0v) is 12.2. The van der Waals surface area contributed by atoms with Gasteiger partial charge in [-0.05, 0) is 44.4 Å². The summed E-state index contributed by atoms with van der Waals surface area (Å²) in [5, 5.41) is 0. The third-order valence-electron chi connectivity index (χ3n) is 3.18. The van der Waals surface area contributed by atoms with Gasteiger partial charge in [0.2, 0.25) is 0 Å². The van der Waals surface area contributed by atoms with Crippen molar-refractivity contribution in [3.05, 3.63) is 42.0 Å². The number of aryl methyl sites for hydroxylation is 1. The summed E-state index contributed by atoms with van der Waals surface area (Å²) in [6.07, 6.45) is 6.18. The summed E-state index contributed by atoms with van der Waals surface area (Å²) in [5.74, 6) is -1.30. The van der Waals surface area contributed by atoms with Crippen LogP contribution in [-0.2, 0) is 19.4 Å². The van der Waals surface area contributed by atoms with E-state index in [4.69, 9.17) is 4.74 Å². The average Bonchev–Trinajstić information content (AvgIpc) is 2.39. The Kier molecular flexibility index (Phi) is 4.60. The number of ether oxygens (including phenoxy) is 1. The molecule has 1 aromatic carbocycles. The minimum absolute atomic E-state index is 0.152. The number of allylic oxidation sites excluding steroid dienone is 1. The van der Waals surface area contributed by atoms with E-state index >= 15 is 0 Å². The van der Waals surface area contributed by atoms with Gasteiger partial charge in [0.25, 0.3) is 0 Å². The summed E-state index contributed by atoms with van der Waals surface area (Å²) in [6, 6.07) is 6.45. The molecule has 1 unspecified atom stereocenters. The van der Waals surface area contributed by atoms with Gasteiger partial charge >= 0.3 is 5.97 Å². The van der Waals surface area contributed by atoms with Crippen LogP contribution in [0, 0.1) is 6.92 Å². The van der Waals surface area contributed by atoms with Crippen LogP contribution in [0.1, 0.15) is 24.8 Å². The Bertz CT molecular complexity index is 599. The van der Waals surface area contributed by atoms with Gasteiger partial charge < -0.3 is 4.74 Å². The lowest BCUT2D eigenvalue weighted by Gasteiger charge is -2.17. The van der Waals surface area contributed by atoms with E-state index in [1.54, 1.807) is 12.1 Å². The molecule has 0 N–H and O–H groups in total. The van der Waals surface area contributed by atoms with Gasteiger partial charge in [-0.15, -0.1) is 0 Å². The summed E-state index contributed by atoms with van der Waals surface area (Å²) < 4.78 is 29.3. The molecule has 0 bridgehead atoms. The largest absolute Gasteiger partial charge is 0.457 e. The molecule has 5 heteroatoms. The molecule has 0 aliphatic heterocycles. The first-order valence-corrected chi connectivity index (χ1v) is 8.28. The Hall–Kier alpha value is -1.62. The maximum Gasteiger partial charge on any atom is 0.322 e. The smallest absolute Gasteiger partial charge is 0.322 e. The standard InChI is InChI=1S/C15H18O4S/c1-12-7-9-14(10-8-12)20(17,18)11-15(16)19-13-5-3-2-4-6-13/h3,5,7-10,13H,2,4,6,11H2,1H3. The molecule has 0 spiro atoms. The van der Waals surface area contributed by atoms with Gasteiger partial charge in [0, 0.05) is 0 Å². The van der Waals surface area contributed by atoms with Gasteiger partial charge in [-0.3, -0.25) is 4.79 Å². The summed E-state index contributed by atoms with van der Waals surface area (Å²) in [6.45, 7) is 1.88. The molecule has 0 radical (unpaired) electrons. The molecular formula is C15H18O4S. The van der Waals surface area contributed by atoms with E-state index in [1.165, 1.54) is 12.1 Å². The minimum Gasteiger partial charge on any atom is -0.457 e. The van der Waals surface area contributed by atoms with Crippen LogP contribution < -0.4 is 0 Å².